The maximum Gasteiger partial charge on any atom is 0.260 e. The zero-order valence-electron chi connectivity index (χ0n) is 19.8. The Morgan fingerprint density at radius 2 is 1.57 bits per heavy atom. The van der Waals surface area contributed by atoms with Crippen LogP contribution in [0.15, 0.2) is 66.7 Å². The second kappa shape index (κ2) is 11.0. The number of thiazole rings is 1. The summed E-state index contributed by atoms with van der Waals surface area (Å²) < 4.78 is 6.22. The number of fused-ring (bicyclic) bond motifs is 1. The quantitative estimate of drug-likeness (QED) is 0.268. The van der Waals surface area contributed by atoms with Gasteiger partial charge in [0.15, 0.2) is 10.9 Å². The molecule has 4 rings (SSSR count). The number of hydrogen-bond acceptors (Lipinski definition) is 6. The van der Waals surface area contributed by atoms with Crippen molar-refractivity contribution in [2.24, 2.45) is 0 Å². The van der Waals surface area contributed by atoms with Crippen molar-refractivity contribution in [3.63, 3.8) is 0 Å². The summed E-state index contributed by atoms with van der Waals surface area (Å²) in [5, 5.41) is 1.12. The minimum Gasteiger partial charge on any atom is -0.494 e. The van der Waals surface area contributed by atoms with E-state index < -0.39 is 0 Å². The zero-order valence-corrected chi connectivity index (χ0v) is 21.4. The topological polar surface area (TPSA) is 62.7 Å². The van der Waals surface area contributed by atoms with Gasteiger partial charge >= 0.3 is 0 Å². The lowest BCUT2D eigenvalue weighted by Crippen LogP contribution is -2.33. The van der Waals surface area contributed by atoms with Gasteiger partial charge < -0.3 is 9.64 Å². The van der Waals surface area contributed by atoms with Crippen LogP contribution in [0.1, 0.15) is 32.7 Å². The molecule has 0 spiro atoms. The van der Waals surface area contributed by atoms with Gasteiger partial charge in [-0.25, -0.2) is 4.98 Å². The van der Waals surface area contributed by atoms with Crippen molar-refractivity contribution in [3.05, 3.63) is 88.4 Å². The second-order valence-electron chi connectivity index (χ2n) is 8.31. The minimum atomic E-state index is -0.184. The lowest BCUT2D eigenvalue weighted by atomic mass is 10.0. The molecule has 1 heterocycles. The minimum absolute atomic E-state index is 0.0830. The summed E-state index contributed by atoms with van der Waals surface area (Å²) in [7, 11) is 5.58. The maximum atomic E-state index is 13.6. The highest BCUT2D eigenvalue weighted by molar-refractivity contribution is 7.23. The molecule has 0 bridgehead atoms. The fraction of sp³-hybridized carbons (Fsp3) is 0.222. The van der Waals surface area contributed by atoms with Crippen LogP contribution in [0.3, 0.4) is 0 Å². The van der Waals surface area contributed by atoms with E-state index >= 15 is 0 Å². The van der Waals surface area contributed by atoms with Crippen molar-refractivity contribution >= 4 is 50.0 Å². The molecule has 8 heteroatoms. The van der Waals surface area contributed by atoms with Gasteiger partial charge in [-0.15, -0.1) is 0 Å². The number of methoxy groups -OCH3 is 1. The van der Waals surface area contributed by atoms with Crippen LogP contribution >= 0.6 is 22.9 Å². The highest BCUT2D eigenvalue weighted by Crippen LogP contribution is 2.39. The number of hydrogen-bond donors (Lipinski definition) is 0. The van der Waals surface area contributed by atoms with Gasteiger partial charge in [0.05, 0.1) is 16.8 Å². The predicted octanol–water partition coefficient (Wildman–Crippen LogP) is 5.79. The van der Waals surface area contributed by atoms with Gasteiger partial charge in [0.2, 0.25) is 0 Å². The smallest absolute Gasteiger partial charge is 0.260 e. The van der Waals surface area contributed by atoms with Gasteiger partial charge in [-0.05, 0) is 51.3 Å². The number of rotatable bonds is 9. The number of benzene rings is 3. The summed E-state index contributed by atoms with van der Waals surface area (Å²) in [6, 6.07) is 19.4. The molecule has 1 aromatic heterocycles. The predicted molar refractivity (Wildman–Crippen MR) is 142 cm³/mol. The number of halogens is 1. The molecular weight excluding hydrogens is 482 g/mol. The summed E-state index contributed by atoms with van der Waals surface area (Å²) >= 11 is 7.78. The Morgan fingerprint density at radius 3 is 2.23 bits per heavy atom. The normalized spacial score (nSPS) is 11.1. The van der Waals surface area contributed by atoms with Gasteiger partial charge in [0.25, 0.3) is 5.91 Å². The lowest BCUT2D eigenvalue weighted by molar-refractivity contribution is 0.0983. The largest absolute Gasteiger partial charge is 0.494 e. The highest BCUT2D eigenvalue weighted by atomic mass is 35.5. The Balaban J connectivity index is 1.65. The van der Waals surface area contributed by atoms with Crippen molar-refractivity contribution in [1.82, 2.24) is 9.88 Å². The van der Waals surface area contributed by atoms with E-state index in [4.69, 9.17) is 21.3 Å². The summed E-state index contributed by atoms with van der Waals surface area (Å²) in [6.07, 6.45) is 0.768. The van der Waals surface area contributed by atoms with Crippen LogP contribution in [-0.2, 0) is 0 Å². The molecule has 1 amide bonds. The summed E-state index contributed by atoms with van der Waals surface area (Å²) in [4.78, 5) is 34.8. The third-order valence-corrected chi connectivity index (χ3v) is 7.10. The van der Waals surface area contributed by atoms with Gasteiger partial charge in [0.1, 0.15) is 11.3 Å². The SMILES string of the molecule is COc1ccc(Cl)c2sc(N(CCCN(C)C)C(=O)c3ccc(C(=O)c4ccccc4)cc3)nc12. The molecule has 0 saturated heterocycles. The monoisotopic (exact) mass is 507 g/mol. The molecule has 0 aliphatic heterocycles. The van der Waals surface area contributed by atoms with Crippen molar-refractivity contribution in [2.45, 2.75) is 6.42 Å². The van der Waals surface area contributed by atoms with Crippen LogP contribution in [0.2, 0.25) is 5.02 Å². The molecule has 0 fully saturated rings. The number of carbonyl (C=O) groups is 2. The molecular formula is C27H26ClN3O3S. The molecule has 0 aliphatic rings. The van der Waals surface area contributed by atoms with Crippen molar-refractivity contribution in [3.8, 4) is 5.75 Å². The summed E-state index contributed by atoms with van der Waals surface area (Å²) in [5.74, 6) is 0.341. The van der Waals surface area contributed by atoms with Crippen LogP contribution in [0.5, 0.6) is 5.75 Å². The van der Waals surface area contributed by atoms with E-state index in [2.05, 4.69) is 4.90 Å². The van der Waals surface area contributed by atoms with Crippen molar-refractivity contribution < 1.29 is 14.3 Å². The molecule has 3 aromatic carbocycles. The number of amides is 1. The van der Waals surface area contributed by atoms with Gasteiger partial charge in [-0.2, -0.15) is 0 Å². The van der Waals surface area contributed by atoms with E-state index in [0.29, 0.717) is 44.7 Å². The maximum absolute atomic E-state index is 13.6. The van der Waals surface area contributed by atoms with Crippen LogP contribution < -0.4 is 9.64 Å². The molecule has 180 valence electrons. The molecule has 0 saturated carbocycles. The standard InChI is InChI=1S/C27H26ClN3O3S/c1-30(2)16-7-17-31(27-29-23-22(34-3)15-14-21(28)25(23)35-27)26(33)20-12-10-19(11-13-20)24(32)18-8-5-4-6-9-18/h4-6,8-15H,7,16-17H2,1-3H3. The van der Waals surface area contributed by atoms with E-state index in [1.165, 1.54) is 11.3 Å². The number of carbonyl (C=O) groups excluding carboxylic acids is 2. The summed E-state index contributed by atoms with van der Waals surface area (Å²) in [5.41, 5.74) is 2.26. The number of nitrogens with zero attached hydrogens (tertiary/aromatic N) is 3. The van der Waals surface area contributed by atoms with E-state index in [1.807, 2.05) is 32.3 Å². The number of ether oxygens (including phenoxy) is 1. The van der Waals surface area contributed by atoms with Gasteiger partial charge in [-0.3, -0.25) is 14.5 Å². The Morgan fingerprint density at radius 1 is 0.914 bits per heavy atom. The molecule has 4 aromatic rings. The van der Waals surface area contributed by atoms with Gasteiger partial charge in [0, 0.05) is 23.2 Å². The third kappa shape index (κ3) is 5.53. The molecule has 6 nitrogen and oxygen atoms in total. The molecule has 0 radical (unpaired) electrons. The van der Waals surface area contributed by atoms with E-state index in [9.17, 15) is 9.59 Å². The first-order chi connectivity index (χ1) is 16.9. The molecule has 0 N–H and O–H groups in total. The van der Waals surface area contributed by atoms with Crippen molar-refractivity contribution in [1.29, 1.82) is 0 Å². The molecule has 0 unspecified atom stereocenters. The van der Waals surface area contributed by atoms with Crippen LogP contribution in [0.4, 0.5) is 5.13 Å². The number of aromatic nitrogens is 1. The van der Waals surface area contributed by atoms with Crippen molar-refractivity contribution in [2.75, 3.05) is 39.2 Å². The average Bonchev–Trinajstić information content (AvgIpc) is 3.33. The van der Waals surface area contributed by atoms with Crippen LogP contribution in [-0.4, -0.2) is 55.9 Å². The Bertz CT molecular complexity index is 1340. The first-order valence-electron chi connectivity index (χ1n) is 11.2. The summed E-state index contributed by atoms with van der Waals surface area (Å²) in [6.45, 7) is 1.31. The Kier molecular flexibility index (Phi) is 7.80. The Labute approximate surface area is 213 Å². The number of ketones is 1. The number of anilines is 1. The Hall–Kier alpha value is -3.26. The molecule has 0 aliphatic carbocycles. The fourth-order valence-corrected chi connectivity index (χ4v) is 5.01. The molecule has 35 heavy (non-hydrogen) atoms. The second-order valence-corrected chi connectivity index (χ2v) is 9.69. The first-order valence-corrected chi connectivity index (χ1v) is 12.4. The van der Waals surface area contributed by atoms with Gasteiger partial charge in [-0.1, -0.05) is 65.4 Å². The van der Waals surface area contributed by atoms with Crippen LogP contribution in [0, 0.1) is 0 Å². The van der Waals surface area contributed by atoms with E-state index in [0.717, 1.165) is 17.7 Å². The average molecular weight is 508 g/mol. The van der Waals surface area contributed by atoms with Crippen LogP contribution in [0.25, 0.3) is 10.2 Å². The van der Waals surface area contributed by atoms with E-state index in [-0.39, 0.29) is 11.7 Å². The highest BCUT2D eigenvalue weighted by Gasteiger charge is 2.23. The third-order valence-electron chi connectivity index (χ3n) is 5.56. The first kappa shape index (κ1) is 24.9. The molecule has 0 atom stereocenters. The fourth-order valence-electron chi connectivity index (χ4n) is 3.73. The lowest BCUT2D eigenvalue weighted by Gasteiger charge is -2.21. The zero-order chi connectivity index (χ0) is 24.9. The van der Waals surface area contributed by atoms with E-state index in [1.54, 1.807) is 60.5 Å².